The molecule has 6 heteroatoms. The molecule has 2 N–H and O–H groups in total. The summed E-state index contributed by atoms with van der Waals surface area (Å²) in [5.41, 5.74) is -0.00924. The zero-order chi connectivity index (χ0) is 14.5. The van der Waals surface area contributed by atoms with Crippen molar-refractivity contribution in [1.29, 1.82) is 0 Å². The molecule has 4 nitrogen and oxygen atoms in total. The van der Waals surface area contributed by atoms with Crippen LogP contribution in [0.2, 0.25) is 0 Å². The fourth-order valence-corrected chi connectivity index (χ4v) is 2.35. The first-order valence-corrected chi connectivity index (χ1v) is 6.74. The van der Waals surface area contributed by atoms with Crippen LogP contribution in [0.15, 0.2) is 18.2 Å². The van der Waals surface area contributed by atoms with E-state index < -0.39 is 11.6 Å². The van der Waals surface area contributed by atoms with E-state index >= 15 is 0 Å². The van der Waals surface area contributed by atoms with Crippen molar-refractivity contribution >= 4 is 11.7 Å². The third kappa shape index (κ3) is 3.90. The van der Waals surface area contributed by atoms with Gasteiger partial charge < -0.3 is 15.5 Å². The van der Waals surface area contributed by atoms with Crippen molar-refractivity contribution in [3.8, 4) is 0 Å². The van der Waals surface area contributed by atoms with Gasteiger partial charge in [0.1, 0.15) is 11.6 Å². The van der Waals surface area contributed by atoms with E-state index in [0.717, 1.165) is 38.1 Å². The first-order valence-electron chi connectivity index (χ1n) is 6.74. The second-order valence-electron chi connectivity index (χ2n) is 5.15. The number of halogens is 2. The Morgan fingerprint density at radius 1 is 1.50 bits per heavy atom. The Bertz CT molecular complexity index is 475. The Kier molecular flexibility index (Phi) is 4.89. The van der Waals surface area contributed by atoms with Crippen LogP contribution in [0.3, 0.4) is 0 Å². The van der Waals surface area contributed by atoms with E-state index in [1.807, 2.05) is 0 Å². The van der Waals surface area contributed by atoms with Gasteiger partial charge in [-0.05, 0) is 44.0 Å². The summed E-state index contributed by atoms with van der Waals surface area (Å²) in [4.78, 5) is 13.5. The Balaban J connectivity index is 1.89. The molecule has 1 aromatic carbocycles. The maximum atomic E-state index is 13.4. The number of amides is 2. The second-order valence-corrected chi connectivity index (χ2v) is 5.15. The number of rotatable bonds is 3. The first-order chi connectivity index (χ1) is 9.56. The highest BCUT2D eigenvalue weighted by atomic mass is 19.1. The standard InChI is InChI=1S/C14H19F2N3O/c1-19(9-10-3-2-6-17-8-10)14(20)18-13-5-4-11(15)7-12(13)16/h4-5,7,10,17H,2-3,6,8-9H2,1H3,(H,18,20). The first kappa shape index (κ1) is 14.7. The summed E-state index contributed by atoms with van der Waals surface area (Å²) in [5.74, 6) is -1.02. The molecule has 2 amide bonds. The predicted octanol–water partition coefficient (Wildman–Crippen LogP) is 2.43. The Labute approximate surface area is 117 Å². The quantitative estimate of drug-likeness (QED) is 0.895. The molecule has 0 aliphatic carbocycles. The molecule has 0 bridgehead atoms. The summed E-state index contributed by atoms with van der Waals surface area (Å²) in [6, 6.07) is 2.70. The zero-order valence-electron chi connectivity index (χ0n) is 11.5. The maximum absolute atomic E-state index is 13.4. The molecule has 1 aliphatic rings. The maximum Gasteiger partial charge on any atom is 0.321 e. The molecule has 0 saturated carbocycles. The molecule has 0 aromatic heterocycles. The third-order valence-corrected chi connectivity index (χ3v) is 3.45. The van der Waals surface area contributed by atoms with Gasteiger partial charge in [0.2, 0.25) is 0 Å². The van der Waals surface area contributed by atoms with Gasteiger partial charge >= 0.3 is 6.03 Å². The van der Waals surface area contributed by atoms with Gasteiger partial charge in [0, 0.05) is 19.7 Å². The van der Waals surface area contributed by atoms with E-state index in [1.54, 1.807) is 7.05 Å². The number of urea groups is 1. The number of nitrogens with one attached hydrogen (secondary N) is 2. The number of benzene rings is 1. The average molecular weight is 283 g/mol. The zero-order valence-corrected chi connectivity index (χ0v) is 11.5. The SMILES string of the molecule is CN(CC1CCCNC1)C(=O)Nc1ccc(F)cc1F. The molecule has 1 heterocycles. The minimum atomic E-state index is -0.772. The van der Waals surface area contributed by atoms with Gasteiger partial charge in [0.25, 0.3) is 0 Å². The van der Waals surface area contributed by atoms with Crippen LogP contribution in [0.1, 0.15) is 12.8 Å². The van der Waals surface area contributed by atoms with Crippen LogP contribution in [0.25, 0.3) is 0 Å². The van der Waals surface area contributed by atoms with Crippen LogP contribution < -0.4 is 10.6 Å². The van der Waals surface area contributed by atoms with Gasteiger partial charge in [-0.1, -0.05) is 0 Å². The number of anilines is 1. The largest absolute Gasteiger partial charge is 0.327 e. The normalized spacial score (nSPS) is 18.6. The highest BCUT2D eigenvalue weighted by molar-refractivity contribution is 5.89. The summed E-state index contributed by atoms with van der Waals surface area (Å²) < 4.78 is 26.2. The summed E-state index contributed by atoms with van der Waals surface area (Å²) >= 11 is 0. The van der Waals surface area contributed by atoms with Crippen LogP contribution in [-0.2, 0) is 0 Å². The van der Waals surface area contributed by atoms with Gasteiger partial charge in [-0.25, -0.2) is 13.6 Å². The minimum absolute atomic E-state index is 0.00924. The molecule has 1 unspecified atom stereocenters. The molecule has 1 fully saturated rings. The van der Waals surface area contributed by atoms with E-state index in [2.05, 4.69) is 10.6 Å². The van der Waals surface area contributed by atoms with Crippen LogP contribution >= 0.6 is 0 Å². The fraction of sp³-hybridized carbons (Fsp3) is 0.500. The molecule has 1 atom stereocenters. The van der Waals surface area contributed by atoms with Gasteiger partial charge in [-0.2, -0.15) is 0 Å². The topological polar surface area (TPSA) is 44.4 Å². The molecular weight excluding hydrogens is 264 g/mol. The van der Waals surface area contributed by atoms with Crippen LogP contribution in [0.5, 0.6) is 0 Å². The second kappa shape index (κ2) is 6.65. The molecule has 110 valence electrons. The fourth-order valence-electron chi connectivity index (χ4n) is 2.35. The van der Waals surface area contributed by atoms with E-state index in [0.29, 0.717) is 12.5 Å². The summed E-state index contributed by atoms with van der Waals surface area (Å²) in [6.07, 6.45) is 2.18. The number of carbonyl (C=O) groups is 1. The third-order valence-electron chi connectivity index (χ3n) is 3.45. The number of piperidine rings is 1. The highest BCUT2D eigenvalue weighted by Gasteiger charge is 2.18. The molecule has 1 aliphatic heterocycles. The van der Waals surface area contributed by atoms with Crippen molar-refractivity contribution in [2.75, 3.05) is 32.0 Å². The summed E-state index contributed by atoms with van der Waals surface area (Å²) in [6.45, 7) is 2.53. The van der Waals surface area contributed by atoms with Crippen molar-refractivity contribution < 1.29 is 13.6 Å². The lowest BCUT2D eigenvalue weighted by molar-refractivity contribution is 0.207. The predicted molar refractivity (Wildman–Crippen MR) is 73.6 cm³/mol. The van der Waals surface area contributed by atoms with Crippen LogP contribution in [-0.4, -0.2) is 37.6 Å². The number of nitrogens with zero attached hydrogens (tertiary/aromatic N) is 1. The van der Waals surface area contributed by atoms with Gasteiger partial charge in [0.15, 0.2) is 0 Å². The summed E-state index contributed by atoms with van der Waals surface area (Å²) in [5, 5.41) is 5.74. The van der Waals surface area contributed by atoms with Crippen LogP contribution in [0, 0.1) is 17.6 Å². The molecule has 0 spiro atoms. The minimum Gasteiger partial charge on any atom is -0.327 e. The van der Waals surface area contributed by atoms with E-state index in [-0.39, 0.29) is 11.7 Å². The van der Waals surface area contributed by atoms with Crippen molar-refractivity contribution in [1.82, 2.24) is 10.2 Å². The number of hydrogen-bond acceptors (Lipinski definition) is 2. The highest BCUT2D eigenvalue weighted by Crippen LogP contribution is 2.16. The molecule has 0 radical (unpaired) electrons. The molecule has 2 rings (SSSR count). The van der Waals surface area contributed by atoms with Gasteiger partial charge in [-0.15, -0.1) is 0 Å². The Morgan fingerprint density at radius 2 is 2.30 bits per heavy atom. The number of carbonyl (C=O) groups excluding carboxylic acids is 1. The lowest BCUT2D eigenvalue weighted by Crippen LogP contribution is -2.40. The van der Waals surface area contributed by atoms with E-state index in [1.165, 1.54) is 11.0 Å². The van der Waals surface area contributed by atoms with Crippen molar-refractivity contribution in [2.24, 2.45) is 5.92 Å². The average Bonchev–Trinajstić information content (AvgIpc) is 2.43. The monoisotopic (exact) mass is 283 g/mol. The van der Waals surface area contributed by atoms with Crippen molar-refractivity contribution in [2.45, 2.75) is 12.8 Å². The lowest BCUT2D eigenvalue weighted by atomic mass is 9.99. The molecular formula is C14H19F2N3O. The van der Waals surface area contributed by atoms with E-state index in [4.69, 9.17) is 0 Å². The smallest absolute Gasteiger partial charge is 0.321 e. The molecule has 1 saturated heterocycles. The Hall–Kier alpha value is -1.69. The van der Waals surface area contributed by atoms with Crippen molar-refractivity contribution in [3.05, 3.63) is 29.8 Å². The lowest BCUT2D eigenvalue weighted by Gasteiger charge is -2.27. The Morgan fingerprint density at radius 3 is 2.95 bits per heavy atom. The van der Waals surface area contributed by atoms with Crippen molar-refractivity contribution in [3.63, 3.8) is 0 Å². The van der Waals surface area contributed by atoms with Gasteiger partial charge in [-0.3, -0.25) is 0 Å². The summed E-state index contributed by atoms with van der Waals surface area (Å²) in [7, 11) is 1.67. The van der Waals surface area contributed by atoms with Gasteiger partial charge in [0.05, 0.1) is 5.69 Å². The number of hydrogen-bond donors (Lipinski definition) is 2. The molecule has 1 aromatic rings. The van der Waals surface area contributed by atoms with Crippen LogP contribution in [0.4, 0.5) is 19.3 Å². The molecule has 20 heavy (non-hydrogen) atoms. The van der Waals surface area contributed by atoms with E-state index in [9.17, 15) is 13.6 Å².